The minimum absolute atomic E-state index is 0.328. The lowest BCUT2D eigenvalue weighted by Gasteiger charge is -2.63. The summed E-state index contributed by atoms with van der Waals surface area (Å²) in [5, 5.41) is 9.71. The fourth-order valence-corrected chi connectivity index (χ4v) is 8.31. The standard InChI is InChI=1S/C22H35N/c1-4-15-13-22(3)17(14-23)9-11-19(22)18-10-8-16-7-5-6-12-21(16,2)20(15)18/h15-20H,4-13H2,1-3H3. The van der Waals surface area contributed by atoms with Crippen LogP contribution in [-0.2, 0) is 0 Å². The second kappa shape index (κ2) is 5.50. The van der Waals surface area contributed by atoms with E-state index in [1.54, 1.807) is 0 Å². The Morgan fingerprint density at radius 1 is 1.00 bits per heavy atom. The van der Waals surface area contributed by atoms with Crippen LogP contribution in [-0.4, -0.2) is 0 Å². The molecule has 4 fully saturated rings. The molecule has 0 aromatic heterocycles. The van der Waals surface area contributed by atoms with Crippen molar-refractivity contribution in [1.82, 2.24) is 0 Å². The number of nitrogens with zero attached hydrogens (tertiary/aromatic N) is 1. The molecule has 0 N–H and O–H groups in total. The largest absolute Gasteiger partial charge is 0.198 e. The highest BCUT2D eigenvalue weighted by Crippen LogP contribution is 2.69. The van der Waals surface area contributed by atoms with E-state index in [1.807, 2.05) is 0 Å². The normalized spacial score (nSPS) is 55.4. The Bertz CT molecular complexity index is 505. The van der Waals surface area contributed by atoms with Crippen molar-refractivity contribution in [1.29, 1.82) is 5.26 Å². The average Bonchev–Trinajstić information content (AvgIpc) is 2.89. The average molecular weight is 314 g/mol. The summed E-state index contributed by atoms with van der Waals surface area (Å²) in [7, 11) is 0. The van der Waals surface area contributed by atoms with Crippen molar-refractivity contribution in [2.24, 2.45) is 46.3 Å². The Hall–Kier alpha value is -0.510. The molecule has 4 aliphatic carbocycles. The van der Waals surface area contributed by atoms with Crippen molar-refractivity contribution in [2.75, 3.05) is 0 Å². The number of hydrogen-bond acceptors (Lipinski definition) is 1. The fourth-order valence-electron chi connectivity index (χ4n) is 8.31. The summed E-state index contributed by atoms with van der Waals surface area (Å²) in [5.41, 5.74) is 0.947. The van der Waals surface area contributed by atoms with Crippen LogP contribution in [0.1, 0.15) is 85.0 Å². The third-order valence-corrected chi connectivity index (χ3v) is 9.34. The molecule has 4 saturated carbocycles. The highest BCUT2D eigenvalue weighted by atomic mass is 14.7. The zero-order chi connectivity index (χ0) is 16.2. The molecule has 0 heterocycles. The molecule has 128 valence electrons. The van der Waals surface area contributed by atoms with E-state index in [0.29, 0.717) is 16.7 Å². The van der Waals surface area contributed by atoms with Crippen LogP contribution in [0.2, 0.25) is 0 Å². The van der Waals surface area contributed by atoms with Gasteiger partial charge in [0.1, 0.15) is 0 Å². The van der Waals surface area contributed by atoms with Crippen LogP contribution < -0.4 is 0 Å². The van der Waals surface area contributed by atoms with Crippen LogP contribution in [0.15, 0.2) is 0 Å². The molecular weight excluding hydrogens is 278 g/mol. The van der Waals surface area contributed by atoms with E-state index in [9.17, 15) is 5.26 Å². The van der Waals surface area contributed by atoms with Gasteiger partial charge in [0.25, 0.3) is 0 Å². The van der Waals surface area contributed by atoms with E-state index >= 15 is 0 Å². The Labute approximate surface area is 143 Å². The van der Waals surface area contributed by atoms with Gasteiger partial charge in [-0.2, -0.15) is 5.26 Å². The van der Waals surface area contributed by atoms with Gasteiger partial charge >= 0.3 is 0 Å². The fraction of sp³-hybridized carbons (Fsp3) is 0.955. The predicted octanol–water partition coefficient (Wildman–Crippen LogP) is 6.20. The lowest BCUT2D eigenvalue weighted by atomic mass is 9.42. The maximum atomic E-state index is 9.71. The Balaban J connectivity index is 1.72. The van der Waals surface area contributed by atoms with Crippen molar-refractivity contribution in [3.8, 4) is 6.07 Å². The van der Waals surface area contributed by atoms with E-state index in [1.165, 1.54) is 64.2 Å². The van der Waals surface area contributed by atoms with Crippen molar-refractivity contribution < 1.29 is 0 Å². The molecule has 0 bridgehead atoms. The van der Waals surface area contributed by atoms with Gasteiger partial charge in [-0.15, -0.1) is 0 Å². The maximum absolute atomic E-state index is 9.71. The first-order chi connectivity index (χ1) is 11.0. The topological polar surface area (TPSA) is 23.8 Å². The van der Waals surface area contributed by atoms with E-state index < -0.39 is 0 Å². The minimum atomic E-state index is 0.328. The smallest absolute Gasteiger partial charge is 0.0661 e. The molecule has 0 saturated heterocycles. The van der Waals surface area contributed by atoms with Gasteiger partial charge in [-0.05, 0) is 85.4 Å². The third kappa shape index (κ3) is 2.09. The lowest BCUT2D eigenvalue weighted by molar-refractivity contribution is -0.139. The van der Waals surface area contributed by atoms with Crippen molar-refractivity contribution >= 4 is 0 Å². The lowest BCUT2D eigenvalue weighted by Crippen LogP contribution is -2.56. The van der Waals surface area contributed by atoms with Crippen LogP contribution in [0.3, 0.4) is 0 Å². The van der Waals surface area contributed by atoms with Gasteiger partial charge in [-0.25, -0.2) is 0 Å². The molecule has 0 amide bonds. The van der Waals surface area contributed by atoms with Crippen molar-refractivity contribution in [3.05, 3.63) is 0 Å². The molecule has 0 aromatic carbocycles. The van der Waals surface area contributed by atoms with Gasteiger partial charge in [0.2, 0.25) is 0 Å². The molecule has 8 atom stereocenters. The second-order valence-electron chi connectivity index (χ2n) is 9.96. The van der Waals surface area contributed by atoms with Crippen LogP contribution >= 0.6 is 0 Å². The molecule has 23 heavy (non-hydrogen) atoms. The first-order valence-electron chi connectivity index (χ1n) is 10.4. The third-order valence-electron chi connectivity index (χ3n) is 9.34. The monoisotopic (exact) mass is 313 g/mol. The highest BCUT2D eigenvalue weighted by molar-refractivity contribution is 5.14. The van der Waals surface area contributed by atoms with Gasteiger partial charge in [0.15, 0.2) is 0 Å². The van der Waals surface area contributed by atoms with Gasteiger partial charge in [0.05, 0.1) is 12.0 Å². The van der Waals surface area contributed by atoms with E-state index in [-0.39, 0.29) is 0 Å². The zero-order valence-electron chi connectivity index (χ0n) is 15.5. The molecule has 8 unspecified atom stereocenters. The summed E-state index contributed by atoms with van der Waals surface area (Å²) in [4.78, 5) is 0. The molecule has 4 rings (SSSR count). The summed E-state index contributed by atoms with van der Waals surface area (Å²) in [5.74, 6) is 4.95. The van der Waals surface area contributed by atoms with Gasteiger partial charge in [-0.1, -0.05) is 40.0 Å². The molecule has 0 aliphatic heterocycles. The van der Waals surface area contributed by atoms with Gasteiger partial charge < -0.3 is 0 Å². The van der Waals surface area contributed by atoms with E-state index in [4.69, 9.17) is 0 Å². The quantitative estimate of drug-likeness (QED) is 0.565. The van der Waals surface area contributed by atoms with Crippen LogP contribution in [0.25, 0.3) is 0 Å². The Morgan fingerprint density at radius 3 is 2.57 bits per heavy atom. The summed E-state index contributed by atoms with van der Waals surface area (Å²) >= 11 is 0. The predicted molar refractivity (Wildman–Crippen MR) is 94.6 cm³/mol. The van der Waals surface area contributed by atoms with Crippen LogP contribution in [0, 0.1) is 57.7 Å². The molecule has 0 radical (unpaired) electrons. The maximum Gasteiger partial charge on any atom is 0.0661 e. The van der Waals surface area contributed by atoms with Gasteiger partial charge in [-0.3, -0.25) is 0 Å². The number of hydrogen-bond donors (Lipinski definition) is 0. The number of rotatable bonds is 1. The molecule has 4 aliphatic rings. The summed E-state index contributed by atoms with van der Waals surface area (Å²) in [6.07, 6.45) is 14.1. The van der Waals surface area contributed by atoms with E-state index in [0.717, 1.165) is 29.6 Å². The summed E-state index contributed by atoms with van der Waals surface area (Å²) in [6, 6.07) is 2.71. The van der Waals surface area contributed by atoms with E-state index in [2.05, 4.69) is 26.8 Å². The van der Waals surface area contributed by atoms with Gasteiger partial charge in [0, 0.05) is 0 Å². The molecule has 0 spiro atoms. The molecular formula is C22H35N. The first-order valence-corrected chi connectivity index (χ1v) is 10.4. The van der Waals surface area contributed by atoms with Crippen molar-refractivity contribution in [2.45, 2.75) is 85.0 Å². The van der Waals surface area contributed by atoms with Crippen LogP contribution in [0.5, 0.6) is 0 Å². The number of nitriles is 1. The Kier molecular flexibility index (Phi) is 3.82. The molecule has 0 aromatic rings. The number of fused-ring (bicyclic) bond motifs is 5. The summed E-state index contributed by atoms with van der Waals surface area (Å²) in [6.45, 7) is 7.60. The molecule has 1 heteroatoms. The summed E-state index contributed by atoms with van der Waals surface area (Å²) < 4.78 is 0. The first kappa shape index (κ1) is 16.0. The zero-order valence-corrected chi connectivity index (χ0v) is 15.5. The molecule has 1 nitrogen and oxygen atoms in total. The van der Waals surface area contributed by atoms with Crippen molar-refractivity contribution in [3.63, 3.8) is 0 Å². The minimum Gasteiger partial charge on any atom is -0.198 e. The second-order valence-corrected chi connectivity index (χ2v) is 9.96. The van der Waals surface area contributed by atoms with Crippen LogP contribution in [0.4, 0.5) is 0 Å². The Morgan fingerprint density at radius 2 is 1.83 bits per heavy atom. The highest BCUT2D eigenvalue weighted by Gasteiger charge is 2.62. The SMILES string of the molecule is CCC1CC2(C)C(C#N)CCC2C2CCC3CCCCC3(C)C12.